The molecule has 2 heteroatoms. The van der Waals surface area contributed by atoms with E-state index in [2.05, 4.69) is 35.5 Å². The second kappa shape index (κ2) is 2.70. The normalized spacial score (nSPS) is 14.7. The van der Waals surface area contributed by atoms with Gasteiger partial charge in [-0.3, -0.25) is 0 Å². The minimum atomic E-state index is 1.15. The van der Waals surface area contributed by atoms with Crippen LogP contribution in [0.3, 0.4) is 0 Å². The number of likely N-dealkylation sites (N-methyl/N-ethyl adjacent to an activating group) is 1. The lowest BCUT2D eigenvalue weighted by Crippen LogP contribution is -2.12. The van der Waals surface area contributed by atoms with Crippen molar-refractivity contribution in [2.24, 2.45) is 0 Å². The van der Waals surface area contributed by atoms with Gasteiger partial charge in [-0.1, -0.05) is 6.07 Å². The molecule has 0 radical (unpaired) electrons. The highest BCUT2D eigenvalue weighted by Gasteiger charge is 2.17. The molecule has 1 aromatic carbocycles. The van der Waals surface area contributed by atoms with Crippen molar-refractivity contribution in [1.29, 1.82) is 0 Å². The maximum absolute atomic E-state index is 3.22. The number of nitrogens with zero attached hydrogens (tertiary/aromatic N) is 1. The van der Waals surface area contributed by atoms with Gasteiger partial charge < -0.3 is 10.2 Å². The number of nitrogens with one attached hydrogen (secondary N) is 1. The van der Waals surface area contributed by atoms with Gasteiger partial charge >= 0.3 is 0 Å². The van der Waals surface area contributed by atoms with Crippen LogP contribution in [0.5, 0.6) is 0 Å². The van der Waals surface area contributed by atoms with E-state index >= 15 is 0 Å². The average molecular weight is 162 g/mol. The minimum Gasteiger partial charge on any atom is -0.388 e. The van der Waals surface area contributed by atoms with Crippen LogP contribution in [0.15, 0.2) is 18.2 Å². The van der Waals surface area contributed by atoms with Crippen LogP contribution < -0.4 is 10.2 Å². The molecule has 0 atom stereocenters. The second-order valence-electron chi connectivity index (χ2n) is 3.22. The van der Waals surface area contributed by atoms with Gasteiger partial charge in [0.05, 0.1) is 0 Å². The van der Waals surface area contributed by atoms with Crippen molar-refractivity contribution in [3.8, 4) is 0 Å². The van der Waals surface area contributed by atoms with E-state index in [0.29, 0.717) is 0 Å². The largest absolute Gasteiger partial charge is 0.388 e. The van der Waals surface area contributed by atoms with Crippen LogP contribution in [0.25, 0.3) is 0 Å². The van der Waals surface area contributed by atoms with Gasteiger partial charge in [0, 0.05) is 37.6 Å². The Hall–Kier alpha value is -1.18. The first-order valence-electron chi connectivity index (χ1n) is 4.33. The highest BCUT2D eigenvalue weighted by Crippen LogP contribution is 2.31. The molecule has 0 aliphatic carbocycles. The van der Waals surface area contributed by atoms with E-state index in [1.54, 1.807) is 0 Å². The van der Waals surface area contributed by atoms with Crippen molar-refractivity contribution in [3.63, 3.8) is 0 Å². The maximum Gasteiger partial charge on any atom is 0.0417 e. The molecule has 0 spiro atoms. The summed E-state index contributed by atoms with van der Waals surface area (Å²) in [5, 5.41) is 3.22. The molecule has 1 heterocycles. The Balaban J connectivity index is 2.50. The lowest BCUT2D eigenvalue weighted by Gasteiger charge is -2.12. The van der Waals surface area contributed by atoms with Crippen LogP contribution in [-0.4, -0.2) is 20.6 Å². The van der Waals surface area contributed by atoms with E-state index in [0.717, 1.165) is 6.54 Å². The highest BCUT2D eigenvalue weighted by atomic mass is 15.1. The third-order valence-electron chi connectivity index (χ3n) is 2.53. The van der Waals surface area contributed by atoms with Crippen molar-refractivity contribution in [2.75, 3.05) is 30.9 Å². The molecule has 64 valence electrons. The number of hydrogen-bond donors (Lipinski definition) is 1. The quantitative estimate of drug-likeness (QED) is 0.676. The summed E-state index contributed by atoms with van der Waals surface area (Å²) in [6.07, 6.45) is 1.17. The SMILES string of the molecule is CNc1cccc2c1CCN2C. The third-order valence-corrected chi connectivity index (χ3v) is 2.53. The summed E-state index contributed by atoms with van der Waals surface area (Å²) in [5.74, 6) is 0. The van der Waals surface area contributed by atoms with Crippen molar-refractivity contribution >= 4 is 11.4 Å². The monoisotopic (exact) mass is 162 g/mol. The maximum atomic E-state index is 3.22. The van der Waals surface area contributed by atoms with Crippen molar-refractivity contribution in [1.82, 2.24) is 0 Å². The predicted octanol–water partition coefficient (Wildman–Crippen LogP) is 1.72. The van der Waals surface area contributed by atoms with Crippen LogP contribution >= 0.6 is 0 Å². The Morgan fingerprint density at radius 3 is 3.00 bits per heavy atom. The molecule has 1 aliphatic rings. The fourth-order valence-electron chi connectivity index (χ4n) is 1.83. The zero-order valence-electron chi connectivity index (χ0n) is 7.59. The minimum absolute atomic E-state index is 1.15. The first-order valence-corrected chi connectivity index (χ1v) is 4.33. The van der Waals surface area contributed by atoms with E-state index < -0.39 is 0 Å². The summed E-state index contributed by atoms with van der Waals surface area (Å²) < 4.78 is 0. The summed E-state index contributed by atoms with van der Waals surface area (Å²) in [7, 11) is 4.12. The molecule has 1 aromatic rings. The fraction of sp³-hybridized carbons (Fsp3) is 0.400. The molecule has 1 aliphatic heterocycles. The highest BCUT2D eigenvalue weighted by molar-refractivity contribution is 5.69. The summed E-state index contributed by atoms with van der Waals surface area (Å²) in [6.45, 7) is 1.15. The number of rotatable bonds is 1. The van der Waals surface area contributed by atoms with Crippen LogP contribution in [0.1, 0.15) is 5.56 Å². The Kier molecular flexibility index (Phi) is 1.68. The molecule has 2 nitrogen and oxygen atoms in total. The van der Waals surface area contributed by atoms with Crippen molar-refractivity contribution in [2.45, 2.75) is 6.42 Å². The van der Waals surface area contributed by atoms with E-state index in [9.17, 15) is 0 Å². The second-order valence-corrected chi connectivity index (χ2v) is 3.22. The van der Waals surface area contributed by atoms with Gasteiger partial charge in [-0.05, 0) is 18.6 Å². The topological polar surface area (TPSA) is 15.3 Å². The molecule has 0 saturated heterocycles. The van der Waals surface area contributed by atoms with Crippen LogP contribution in [-0.2, 0) is 6.42 Å². The molecule has 0 fully saturated rings. The number of benzene rings is 1. The lowest BCUT2D eigenvalue weighted by atomic mass is 10.1. The van der Waals surface area contributed by atoms with Crippen LogP contribution in [0.2, 0.25) is 0 Å². The molecular weight excluding hydrogens is 148 g/mol. The Morgan fingerprint density at radius 1 is 1.42 bits per heavy atom. The van der Waals surface area contributed by atoms with Crippen molar-refractivity contribution in [3.05, 3.63) is 23.8 Å². The van der Waals surface area contributed by atoms with Crippen molar-refractivity contribution < 1.29 is 0 Å². The first kappa shape index (κ1) is 7.47. The Labute approximate surface area is 73.2 Å². The molecule has 2 rings (SSSR count). The van der Waals surface area contributed by atoms with Gasteiger partial charge in [0.1, 0.15) is 0 Å². The molecule has 0 unspecified atom stereocenters. The van der Waals surface area contributed by atoms with Gasteiger partial charge in [-0.25, -0.2) is 0 Å². The summed E-state index contributed by atoms with van der Waals surface area (Å²) in [5.41, 5.74) is 4.11. The third kappa shape index (κ3) is 0.951. The van der Waals surface area contributed by atoms with E-state index in [1.165, 1.54) is 23.4 Å². The Bertz CT molecular complexity index is 294. The van der Waals surface area contributed by atoms with E-state index in [4.69, 9.17) is 0 Å². The van der Waals surface area contributed by atoms with Gasteiger partial charge in [0.15, 0.2) is 0 Å². The number of anilines is 2. The van der Waals surface area contributed by atoms with Gasteiger partial charge in [0.25, 0.3) is 0 Å². The Morgan fingerprint density at radius 2 is 2.25 bits per heavy atom. The van der Waals surface area contributed by atoms with E-state index in [1.807, 2.05) is 7.05 Å². The molecule has 0 aromatic heterocycles. The smallest absolute Gasteiger partial charge is 0.0417 e. The molecule has 0 amide bonds. The average Bonchev–Trinajstić information content (AvgIpc) is 2.48. The summed E-state index contributed by atoms with van der Waals surface area (Å²) >= 11 is 0. The van der Waals surface area contributed by atoms with Crippen LogP contribution in [0.4, 0.5) is 11.4 Å². The molecule has 1 N–H and O–H groups in total. The number of hydrogen-bond acceptors (Lipinski definition) is 2. The first-order chi connectivity index (χ1) is 5.83. The standard InChI is InChI=1S/C10H14N2/c1-11-9-4-3-5-10-8(9)6-7-12(10)2/h3-5,11H,6-7H2,1-2H3. The molecule has 0 saturated carbocycles. The predicted molar refractivity (Wildman–Crippen MR) is 53.0 cm³/mol. The zero-order valence-corrected chi connectivity index (χ0v) is 7.59. The van der Waals surface area contributed by atoms with Gasteiger partial charge in [0.2, 0.25) is 0 Å². The molecule has 0 bridgehead atoms. The van der Waals surface area contributed by atoms with Gasteiger partial charge in [-0.15, -0.1) is 0 Å². The summed E-state index contributed by atoms with van der Waals surface area (Å²) in [4.78, 5) is 2.30. The van der Waals surface area contributed by atoms with Gasteiger partial charge in [-0.2, -0.15) is 0 Å². The summed E-state index contributed by atoms with van der Waals surface area (Å²) in [6, 6.07) is 6.42. The lowest BCUT2D eigenvalue weighted by molar-refractivity contribution is 0.956. The number of fused-ring (bicyclic) bond motifs is 1. The molecule has 12 heavy (non-hydrogen) atoms. The van der Waals surface area contributed by atoms with E-state index in [-0.39, 0.29) is 0 Å². The molecular formula is C10H14N2. The zero-order chi connectivity index (χ0) is 8.55. The fourth-order valence-corrected chi connectivity index (χ4v) is 1.83. The van der Waals surface area contributed by atoms with Crippen LogP contribution in [0, 0.1) is 0 Å².